The van der Waals surface area contributed by atoms with E-state index >= 15 is 0 Å². The fourth-order valence-electron chi connectivity index (χ4n) is 1.98. The molecule has 27 heavy (non-hydrogen) atoms. The number of carboxylic acid groups (broad SMARTS) is 1. The topological polar surface area (TPSA) is 92.7 Å². The monoisotopic (exact) mass is 591 g/mol. The van der Waals surface area contributed by atoms with Crippen LogP contribution in [-0.2, 0) is 16.1 Å². The molecule has 6 nitrogen and oxygen atoms in total. The maximum Gasteiger partial charge on any atom is 0.338 e. The molecule has 140 valence electrons. The summed E-state index contributed by atoms with van der Waals surface area (Å²) >= 11 is 4.05. The van der Waals surface area contributed by atoms with Crippen LogP contribution in [-0.4, -0.2) is 17.9 Å². The molecule has 0 aliphatic rings. The van der Waals surface area contributed by atoms with Crippen molar-refractivity contribution in [3.05, 3.63) is 72.4 Å². The van der Waals surface area contributed by atoms with Crippen molar-refractivity contribution in [3.63, 3.8) is 0 Å². The standard InChI is InChI=1S/C19H14I2O6/c1-10(2)18(24)27-16-14(20)6-11(7-15(16)21)9-26-19(25)13-5-3-4-12(8-13)17(22)23/h3-8H,1,9H2,2H3,(H,22,23)/p-1. The van der Waals surface area contributed by atoms with Crippen molar-refractivity contribution in [1.29, 1.82) is 0 Å². The van der Waals surface area contributed by atoms with Gasteiger partial charge in [-0.2, -0.15) is 0 Å². The molecule has 0 aliphatic carbocycles. The summed E-state index contributed by atoms with van der Waals surface area (Å²) in [5.74, 6) is -2.12. The molecular weight excluding hydrogens is 578 g/mol. The van der Waals surface area contributed by atoms with Crippen LogP contribution in [0.2, 0.25) is 0 Å². The van der Waals surface area contributed by atoms with Gasteiger partial charge in [0.05, 0.1) is 18.7 Å². The van der Waals surface area contributed by atoms with E-state index in [0.29, 0.717) is 24.0 Å². The number of ether oxygens (including phenoxy) is 2. The third kappa shape index (κ3) is 5.76. The third-order valence-electron chi connectivity index (χ3n) is 3.31. The van der Waals surface area contributed by atoms with E-state index in [0.717, 1.165) is 0 Å². The molecule has 2 aromatic carbocycles. The first kappa shape index (κ1) is 21.4. The zero-order chi connectivity index (χ0) is 20.1. The summed E-state index contributed by atoms with van der Waals surface area (Å²) in [6, 6.07) is 8.90. The molecule has 0 fully saturated rings. The Morgan fingerprint density at radius 2 is 1.67 bits per heavy atom. The summed E-state index contributed by atoms with van der Waals surface area (Å²) < 4.78 is 11.9. The molecule has 8 heteroatoms. The molecule has 0 bridgehead atoms. The Hall–Kier alpha value is -1.95. The van der Waals surface area contributed by atoms with Gasteiger partial charge in [0.25, 0.3) is 0 Å². The first-order valence-corrected chi connectivity index (χ1v) is 9.69. The highest BCUT2D eigenvalue weighted by Gasteiger charge is 2.15. The molecule has 0 saturated carbocycles. The lowest BCUT2D eigenvalue weighted by atomic mass is 10.1. The second kappa shape index (κ2) is 9.31. The highest BCUT2D eigenvalue weighted by Crippen LogP contribution is 2.30. The van der Waals surface area contributed by atoms with E-state index in [4.69, 9.17) is 9.47 Å². The Labute approximate surface area is 182 Å². The molecule has 0 amide bonds. The van der Waals surface area contributed by atoms with E-state index in [1.165, 1.54) is 24.3 Å². The number of benzene rings is 2. The highest BCUT2D eigenvalue weighted by molar-refractivity contribution is 14.1. The Morgan fingerprint density at radius 1 is 1.07 bits per heavy atom. The van der Waals surface area contributed by atoms with Crippen molar-refractivity contribution in [2.24, 2.45) is 0 Å². The predicted molar refractivity (Wildman–Crippen MR) is 112 cm³/mol. The number of hydrogen-bond donors (Lipinski definition) is 0. The predicted octanol–water partition coefficient (Wildman–Crippen LogP) is 3.10. The van der Waals surface area contributed by atoms with Crippen LogP contribution in [0.15, 0.2) is 48.6 Å². The fourth-order valence-corrected chi connectivity index (χ4v) is 4.10. The number of carboxylic acids is 1. The molecule has 0 aliphatic heterocycles. The Balaban J connectivity index is 2.11. The van der Waals surface area contributed by atoms with Gasteiger partial charge in [-0.3, -0.25) is 0 Å². The SMILES string of the molecule is C=C(C)C(=O)Oc1c(I)cc(COC(=O)c2cccc(C(=O)[O-])c2)cc1I. The van der Waals surface area contributed by atoms with Gasteiger partial charge in [-0.15, -0.1) is 0 Å². The van der Waals surface area contributed by atoms with Gasteiger partial charge in [0.15, 0.2) is 5.75 Å². The van der Waals surface area contributed by atoms with Crippen molar-refractivity contribution in [2.75, 3.05) is 0 Å². The Kier molecular flexibility index (Phi) is 7.36. The van der Waals surface area contributed by atoms with Crippen LogP contribution in [0.1, 0.15) is 33.2 Å². The van der Waals surface area contributed by atoms with E-state index in [9.17, 15) is 19.5 Å². The zero-order valence-electron chi connectivity index (χ0n) is 14.1. The van der Waals surface area contributed by atoms with Crippen LogP contribution in [0.4, 0.5) is 0 Å². The van der Waals surface area contributed by atoms with Crippen LogP contribution < -0.4 is 9.84 Å². The van der Waals surface area contributed by atoms with E-state index in [1.54, 1.807) is 19.1 Å². The van der Waals surface area contributed by atoms with Gasteiger partial charge in [-0.25, -0.2) is 9.59 Å². The van der Waals surface area contributed by atoms with Gasteiger partial charge in [0, 0.05) is 5.57 Å². The molecule has 2 aromatic rings. The minimum Gasteiger partial charge on any atom is -0.545 e. The summed E-state index contributed by atoms with van der Waals surface area (Å²) in [7, 11) is 0. The van der Waals surface area contributed by atoms with Gasteiger partial charge in [0.1, 0.15) is 6.61 Å². The molecule has 0 atom stereocenters. The summed E-state index contributed by atoms with van der Waals surface area (Å²) in [5, 5.41) is 10.9. The number of aromatic carboxylic acids is 1. The fraction of sp³-hybridized carbons (Fsp3) is 0.105. The van der Waals surface area contributed by atoms with Gasteiger partial charge in [-0.05, 0) is 87.5 Å². The number of hydrogen-bond acceptors (Lipinski definition) is 6. The van der Waals surface area contributed by atoms with Crippen molar-refractivity contribution in [2.45, 2.75) is 13.5 Å². The highest BCUT2D eigenvalue weighted by atomic mass is 127. The molecule has 0 spiro atoms. The average molecular weight is 591 g/mol. The van der Waals surface area contributed by atoms with Crippen LogP contribution >= 0.6 is 45.2 Å². The molecule has 0 saturated heterocycles. The van der Waals surface area contributed by atoms with Crippen LogP contribution in [0.5, 0.6) is 5.75 Å². The number of rotatable bonds is 6. The van der Waals surface area contributed by atoms with Crippen molar-refractivity contribution in [3.8, 4) is 5.75 Å². The molecule has 0 N–H and O–H groups in total. The van der Waals surface area contributed by atoms with Crippen molar-refractivity contribution in [1.82, 2.24) is 0 Å². The first-order valence-electron chi connectivity index (χ1n) is 7.53. The van der Waals surface area contributed by atoms with Gasteiger partial charge < -0.3 is 19.4 Å². The normalized spacial score (nSPS) is 10.2. The minimum atomic E-state index is -1.37. The minimum absolute atomic E-state index is 0.0188. The van der Waals surface area contributed by atoms with E-state index < -0.39 is 17.9 Å². The van der Waals surface area contributed by atoms with E-state index in [-0.39, 0.29) is 17.7 Å². The lowest BCUT2D eigenvalue weighted by Crippen LogP contribution is -2.22. The lowest BCUT2D eigenvalue weighted by molar-refractivity contribution is -0.255. The smallest absolute Gasteiger partial charge is 0.338 e. The third-order valence-corrected chi connectivity index (χ3v) is 4.91. The molecule has 0 aromatic heterocycles. The number of carbonyl (C=O) groups is 3. The summed E-state index contributed by atoms with van der Waals surface area (Å²) in [6.45, 7) is 5.09. The molecule has 0 heterocycles. The van der Waals surface area contributed by atoms with Gasteiger partial charge in [-0.1, -0.05) is 18.7 Å². The maximum absolute atomic E-state index is 12.1. The van der Waals surface area contributed by atoms with Crippen molar-refractivity contribution < 1.29 is 29.0 Å². The molecule has 0 unspecified atom stereocenters. The zero-order valence-corrected chi connectivity index (χ0v) is 18.4. The number of halogens is 2. The van der Waals surface area contributed by atoms with Crippen LogP contribution in [0, 0.1) is 7.14 Å². The molecule has 0 radical (unpaired) electrons. The lowest BCUT2D eigenvalue weighted by Gasteiger charge is -2.12. The molecule has 2 rings (SSSR count). The maximum atomic E-state index is 12.1. The summed E-state index contributed by atoms with van der Waals surface area (Å²) in [6.07, 6.45) is 0. The van der Waals surface area contributed by atoms with E-state index in [2.05, 4.69) is 6.58 Å². The largest absolute Gasteiger partial charge is 0.545 e. The molecular formula is C19H13I2O6-. The van der Waals surface area contributed by atoms with E-state index in [1.807, 2.05) is 45.2 Å². The summed E-state index contributed by atoms with van der Waals surface area (Å²) in [5.41, 5.74) is 1.01. The quantitative estimate of drug-likeness (QED) is 0.222. The second-order valence-corrected chi connectivity index (χ2v) is 7.83. The summed E-state index contributed by atoms with van der Waals surface area (Å²) in [4.78, 5) is 34.7. The number of carbonyl (C=O) groups excluding carboxylic acids is 3. The van der Waals surface area contributed by atoms with Crippen LogP contribution in [0.3, 0.4) is 0 Å². The Morgan fingerprint density at radius 3 is 2.22 bits per heavy atom. The van der Waals surface area contributed by atoms with Gasteiger partial charge >= 0.3 is 11.9 Å². The second-order valence-electron chi connectivity index (χ2n) is 5.50. The average Bonchev–Trinajstić information content (AvgIpc) is 2.62. The van der Waals surface area contributed by atoms with Crippen LogP contribution in [0.25, 0.3) is 0 Å². The Bertz CT molecular complexity index is 913. The number of esters is 2. The van der Waals surface area contributed by atoms with Crippen molar-refractivity contribution >= 4 is 63.1 Å². The first-order chi connectivity index (χ1) is 12.7. The van der Waals surface area contributed by atoms with Gasteiger partial charge in [0.2, 0.25) is 0 Å².